The van der Waals surface area contributed by atoms with Crippen LogP contribution in [0.2, 0.25) is 0 Å². The molecule has 1 aliphatic rings. The maximum atomic E-state index is 12.1. The Bertz CT molecular complexity index is 531. The molecule has 0 bridgehead atoms. The van der Waals surface area contributed by atoms with Crippen LogP contribution in [-0.4, -0.2) is 71.5 Å². The Hall–Kier alpha value is -1.68. The van der Waals surface area contributed by atoms with Crippen molar-refractivity contribution >= 4 is 27.7 Å². The summed E-state index contributed by atoms with van der Waals surface area (Å²) >= 11 is 0. The maximum Gasteiger partial charge on any atom is 0.305 e. The molecule has 0 radical (unpaired) electrons. The number of carbonyl (C=O) groups excluding carboxylic acids is 1. The summed E-state index contributed by atoms with van der Waals surface area (Å²) in [6.45, 7) is -0.125. The molecule has 1 rings (SSSR count). The minimum absolute atomic E-state index is 0.0861. The van der Waals surface area contributed by atoms with Gasteiger partial charge in [-0.25, -0.2) is 8.42 Å². The number of nitrogens with zero attached hydrogens (tertiary/aromatic N) is 1. The molecule has 1 amide bonds. The summed E-state index contributed by atoms with van der Waals surface area (Å²) in [4.78, 5) is 34.5. The second-order valence-electron chi connectivity index (χ2n) is 4.94. The highest BCUT2D eigenvalue weighted by Gasteiger charge is 2.36. The number of rotatable bonds is 6. The molecule has 0 spiro atoms. The van der Waals surface area contributed by atoms with E-state index in [4.69, 9.17) is 15.9 Å². The molecule has 9 nitrogen and oxygen atoms in total. The fraction of sp³-hybridized carbons (Fsp3) is 0.727. The average molecular weight is 322 g/mol. The smallest absolute Gasteiger partial charge is 0.305 e. The van der Waals surface area contributed by atoms with Crippen LogP contribution in [0.4, 0.5) is 0 Å². The van der Waals surface area contributed by atoms with Gasteiger partial charge >= 0.3 is 11.9 Å². The van der Waals surface area contributed by atoms with Crippen molar-refractivity contribution in [3.63, 3.8) is 0 Å². The van der Waals surface area contributed by atoms with Crippen LogP contribution in [0, 0.1) is 0 Å². The molecule has 21 heavy (non-hydrogen) atoms. The van der Waals surface area contributed by atoms with E-state index in [1.165, 1.54) is 0 Å². The number of carbonyl (C=O) groups is 3. The summed E-state index contributed by atoms with van der Waals surface area (Å²) in [6.07, 6.45) is -0.865. The number of carboxylic acids is 2. The molecule has 0 aliphatic carbocycles. The van der Waals surface area contributed by atoms with Crippen LogP contribution in [0.3, 0.4) is 0 Å². The number of hydrogen-bond donors (Lipinski definition) is 3. The highest BCUT2D eigenvalue weighted by atomic mass is 32.2. The van der Waals surface area contributed by atoms with Crippen molar-refractivity contribution in [2.45, 2.75) is 31.3 Å². The second-order valence-corrected chi connectivity index (χ2v) is 7.17. The molecule has 1 aliphatic heterocycles. The summed E-state index contributed by atoms with van der Waals surface area (Å²) in [6, 6.07) is -2.05. The van der Waals surface area contributed by atoms with Crippen molar-refractivity contribution in [2.75, 3.05) is 18.1 Å². The van der Waals surface area contributed by atoms with Crippen molar-refractivity contribution in [1.29, 1.82) is 0 Å². The molecule has 0 aromatic rings. The molecule has 120 valence electrons. The lowest BCUT2D eigenvalue weighted by molar-refractivity contribution is -0.141. The molecule has 0 aromatic heterocycles. The summed E-state index contributed by atoms with van der Waals surface area (Å²) in [5.41, 5.74) is 5.61. The molecule has 1 saturated heterocycles. The van der Waals surface area contributed by atoms with E-state index in [2.05, 4.69) is 0 Å². The quantitative estimate of drug-likeness (QED) is 0.521. The zero-order valence-corrected chi connectivity index (χ0v) is 12.1. The van der Waals surface area contributed by atoms with Gasteiger partial charge in [0.15, 0.2) is 9.84 Å². The Morgan fingerprint density at radius 3 is 2.38 bits per heavy atom. The highest BCUT2D eigenvalue weighted by molar-refractivity contribution is 7.91. The van der Waals surface area contributed by atoms with E-state index in [1.54, 1.807) is 0 Å². The Labute approximate surface area is 121 Å². The highest BCUT2D eigenvalue weighted by Crippen LogP contribution is 2.17. The van der Waals surface area contributed by atoms with Crippen LogP contribution in [0.15, 0.2) is 0 Å². The standard InChI is InChI=1S/C11H18N2O7S/c12-8(1-2-9(14)15)11(18)13-3-4-21(19,20)6-7(13)5-10(16)17/h7-8H,1-6,12H2,(H,14,15)(H,16,17). The molecular weight excluding hydrogens is 304 g/mol. The van der Waals surface area contributed by atoms with Crippen molar-refractivity contribution in [1.82, 2.24) is 4.90 Å². The van der Waals surface area contributed by atoms with Gasteiger partial charge in [0, 0.05) is 13.0 Å². The van der Waals surface area contributed by atoms with Crippen molar-refractivity contribution < 1.29 is 33.0 Å². The molecule has 0 saturated carbocycles. The molecule has 4 N–H and O–H groups in total. The van der Waals surface area contributed by atoms with Gasteiger partial charge in [0.05, 0.1) is 30.0 Å². The first-order chi connectivity index (χ1) is 9.62. The largest absolute Gasteiger partial charge is 0.481 e. The first-order valence-electron chi connectivity index (χ1n) is 6.32. The van der Waals surface area contributed by atoms with Gasteiger partial charge in [0.25, 0.3) is 0 Å². The predicted molar refractivity (Wildman–Crippen MR) is 71.3 cm³/mol. The number of carboxylic acid groups (broad SMARTS) is 2. The van der Waals surface area contributed by atoms with Crippen LogP contribution in [0.25, 0.3) is 0 Å². The fourth-order valence-electron chi connectivity index (χ4n) is 2.16. The number of aliphatic carboxylic acids is 2. The lowest BCUT2D eigenvalue weighted by Gasteiger charge is -2.36. The third kappa shape index (κ3) is 5.31. The number of nitrogens with two attached hydrogens (primary N) is 1. The lowest BCUT2D eigenvalue weighted by atomic mass is 10.1. The fourth-order valence-corrected chi connectivity index (χ4v) is 3.69. The van der Waals surface area contributed by atoms with E-state index in [1.807, 2.05) is 0 Å². The first-order valence-corrected chi connectivity index (χ1v) is 8.14. The zero-order chi connectivity index (χ0) is 16.2. The zero-order valence-electron chi connectivity index (χ0n) is 11.3. The summed E-state index contributed by atoms with van der Waals surface area (Å²) in [5.74, 6) is -3.59. The van der Waals surface area contributed by atoms with Crippen LogP contribution in [-0.2, 0) is 24.2 Å². The number of amides is 1. The third-order valence-electron chi connectivity index (χ3n) is 3.21. The van der Waals surface area contributed by atoms with E-state index < -0.39 is 51.9 Å². The molecule has 2 unspecified atom stereocenters. The summed E-state index contributed by atoms with van der Waals surface area (Å²) < 4.78 is 23.1. The van der Waals surface area contributed by atoms with Crippen molar-refractivity contribution in [3.05, 3.63) is 0 Å². The van der Waals surface area contributed by atoms with E-state index in [0.29, 0.717) is 0 Å². The van der Waals surface area contributed by atoms with Crippen LogP contribution in [0.5, 0.6) is 0 Å². The number of sulfone groups is 1. The van der Waals surface area contributed by atoms with Gasteiger partial charge in [-0.3, -0.25) is 14.4 Å². The van der Waals surface area contributed by atoms with E-state index in [9.17, 15) is 22.8 Å². The Morgan fingerprint density at radius 1 is 1.24 bits per heavy atom. The van der Waals surface area contributed by atoms with Gasteiger partial charge in [-0.1, -0.05) is 0 Å². The van der Waals surface area contributed by atoms with Crippen molar-refractivity contribution in [3.8, 4) is 0 Å². The molecule has 1 fully saturated rings. The van der Waals surface area contributed by atoms with E-state index in [-0.39, 0.29) is 25.1 Å². The molecular formula is C11H18N2O7S. The number of hydrogen-bond acceptors (Lipinski definition) is 6. The normalized spacial score (nSPS) is 22.5. The van der Waals surface area contributed by atoms with Gasteiger partial charge < -0.3 is 20.8 Å². The first kappa shape index (κ1) is 17.4. The van der Waals surface area contributed by atoms with Gasteiger partial charge in [-0.15, -0.1) is 0 Å². The maximum absolute atomic E-state index is 12.1. The van der Waals surface area contributed by atoms with E-state index >= 15 is 0 Å². The molecule has 0 aromatic carbocycles. The summed E-state index contributed by atoms with van der Waals surface area (Å²) in [7, 11) is -3.39. The lowest BCUT2D eigenvalue weighted by Crippen LogP contribution is -2.56. The molecule has 1 heterocycles. The van der Waals surface area contributed by atoms with Crippen molar-refractivity contribution in [2.24, 2.45) is 5.73 Å². The van der Waals surface area contributed by atoms with Crippen LogP contribution >= 0.6 is 0 Å². The Balaban J connectivity index is 2.79. The third-order valence-corrected chi connectivity index (χ3v) is 4.91. The van der Waals surface area contributed by atoms with Crippen LogP contribution < -0.4 is 5.73 Å². The molecule has 2 atom stereocenters. The molecule has 10 heteroatoms. The van der Waals surface area contributed by atoms with Gasteiger partial charge in [0.1, 0.15) is 0 Å². The Morgan fingerprint density at radius 2 is 1.86 bits per heavy atom. The van der Waals surface area contributed by atoms with Crippen LogP contribution in [0.1, 0.15) is 19.3 Å². The average Bonchev–Trinajstić information content (AvgIpc) is 2.33. The van der Waals surface area contributed by atoms with Gasteiger partial charge in [-0.05, 0) is 6.42 Å². The predicted octanol–water partition coefficient (Wildman–Crippen LogP) is -1.72. The summed E-state index contributed by atoms with van der Waals surface area (Å²) in [5, 5.41) is 17.4. The van der Waals surface area contributed by atoms with E-state index in [0.717, 1.165) is 4.90 Å². The van der Waals surface area contributed by atoms with Gasteiger partial charge in [-0.2, -0.15) is 0 Å². The SMILES string of the molecule is NC(CCC(=O)O)C(=O)N1CCS(=O)(=O)CC1CC(=O)O. The minimum atomic E-state index is -3.39. The Kier molecular flexibility index (Phi) is 5.67. The monoisotopic (exact) mass is 322 g/mol. The topological polar surface area (TPSA) is 155 Å². The van der Waals surface area contributed by atoms with Gasteiger partial charge in [0.2, 0.25) is 5.91 Å². The minimum Gasteiger partial charge on any atom is -0.481 e. The second kappa shape index (κ2) is 6.85.